The van der Waals surface area contributed by atoms with Crippen molar-refractivity contribution < 1.29 is 18.8 Å². The lowest BCUT2D eigenvalue weighted by Crippen LogP contribution is -2.25. The van der Waals surface area contributed by atoms with Gasteiger partial charge in [0.25, 0.3) is 0 Å². The molecule has 2 rings (SSSR count). The van der Waals surface area contributed by atoms with E-state index in [1.54, 1.807) is 38.1 Å². The smallest absolute Gasteiger partial charge is 0.344 e. The van der Waals surface area contributed by atoms with Crippen molar-refractivity contribution in [2.75, 3.05) is 0 Å². The van der Waals surface area contributed by atoms with E-state index in [2.05, 4.69) is 21.1 Å². The van der Waals surface area contributed by atoms with Crippen LogP contribution in [0.3, 0.4) is 0 Å². The maximum atomic E-state index is 12.3. The SMILES string of the molecule is CCc1noc(C)c1C(=O)O[C@@H](C)C(=O)c1ccc(Br)cc1. The summed E-state index contributed by atoms with van der Waals surface area (Å²) in [6.07, 6.45) is -0.329. The Hall–Kier alpha value is -1.95. The summed E-state index contributed by atoms with van der Waals surface area (Å²) in [5.41, 5.74) is 1.32. The number of halogens is 1. The summed E-state index contributed by atoms with van der Waals surface area (Å²) in [4.78, 5) is 24.5. The van der Waals surface area contributed by atoms with Gasteiger partial charge in [-0.3, -0.25) is 4.79 Å². The van der Waals surface area contributed by atoms with Crippen LogP contribution in [0.25, 0.3) is 0 Å². The summed E-state index contributed by atoms with van der Waals surface area (Å²) < 4.78 is 11.1. The van der Waals surface area contributed by atoms with E-state index in [4.69, 9.17) is 9.26 Å². The monoisotopic (exact) mass is 365 g/mol. The van der Waals surface area contributed by atoms with Crippen LogP contribution in [-0.4, -0.2) is 23.0 Å². The maximum absolute atomic E-state index is 12.3. The molecule has 0 amide bonds. The predicted octanol–water partition coefficient (Wildman–Crippen LogP) is 3.74. The number of Topliss-reactive ketones (excluding diaryl/α,β-unsaturated/α-hetero) is 1. The summed E-state index contributed by atoms with van der Waals surface area (Å²) in [5.74, 6) is -0.452. The zero-order valence-corrected chi connectivity index (χ0v) is 14.1. The van der Waals surface area contributed by atoms with Gasteiger partial charge in [0.15, 0.2) is 6.10 Å². The molecule has 0 saturated carbocycles. The molecule has 0 N–H and O–H groups in total. The fourth-order valence-corrected chi connectivity index (χ4v) is 2.31. The van der Waals surface area contributed by atoms with Crippen LogP contribution in [0.15, 0.2) is 33.3 Å². The van der Waals surface area contributed by atoms with Crippen LogP contribution in [0, 0.1) is 6.92 Å². The fourth-order valence-electron chi connectivity index (χ4n) is 2.04. The first-order valence-corrected chi connectivity index (χ1v) is 7.69. The molecule has 0 saturated heterocycles. The Morgan fingerprint density at radius 1 is 1.32 bits per heavy atom. The standard InChI is InChI=1S/C16H16BrNO4/c1-4-13-14(9(2)22-18-13)16(20)21-10(3)15(19)11-5-7-12(17)8-6-11/h5-8,10H,4H2,1-3H3/t10-/m0/s1. The Bertz CT molecular complexity index is 691. The van der Waals surface area contributed by atoms with Crippen molar-refractivity contribution in [3.05, 3.63) is 51.3 Å². The topological polar surface area (TPSA) is 69.4 Å². The van der Waals surface area contributed by atoms with Gasteiger partial charge in [-0.1, -0.05) is 40.1 Å². The van der Waals surface area contributed by atoms with Gasteiger partial charge in [-0.05, 0) is 32.4 Å². The van der Waals surface area contributed by atoms with Gasteiger partial charge >= 0.3 is 5.97 Å². The Morgan fingerprint density at radius 3 is 2.55 bits per heavy atom. The van der Waals surface area contributed by atoms with E-state index in [1.165, 1.54) is 0 Å². The highest BCUT2D eigenvalue weighted by molar-refractivity contribution is 9.10. The van der Waals surface area contributed by atoms with Gasteiger partial charge in [-0.15, -0.1) is 0 Å². The highest BCUT2D eigenvalue weighted by atomic mass is 79.9. The largest absolute Gasteiger partial charge is 0.451 e. The van der Waals surface area contributed by atoms with Crippen LogP contribution >= 0.6 is 15.9 Å². The molecule has 0 fully saturated rings. The van der Waals surface area contributed by atoms with Crippen molar-refractivity contribution in [2.24, 2.45) is 0 Å². The molecular formula is C16H16BrNO4. The molecule has 6 heteroatoms. The number of ether oxygens (including phenoxy) is 1. The van der Waals surface area contributed by atoms with Crippen LogP contribution in [0.4, 0.5) is 0 Å². The molecule has 1 aromatic carbocycles. The molecule has 0 unspecified atom stereocenters. The van der Waals surface area contributed by atoms with Gasteiger partial charge < -0.3 is 9.26 Å². The summed E-state index contributed by atoms with van der Waals surface area (Å²) in [7, 11) is 0. The Kier molecular flexibility index (Phi) is 5.13. The number of hydrogen-bond donors (Lipinski definition) is 0. The lowest BCUT2D eigenvalue weighted by molar-refractivity contribution is 0.0316. The minimum atomic E-state index is -0.882. The summed E-state index contributed by atoms with van der Waals surface area (Å²) in [6.45, 7) is 5.06. The average Bonchev–Trinajstić information content (AvgIpc) is 2.88. The Balaban J connectivity index is 2.12. The lowest BCUT2D eigenvalue weighted by Gasteiger charge is -2.12. The molecule has 0 radical (unpaired) electrons. The van der Waals surface area contributed by atoms with Gasteiger partial charge in [0, 0.05) is 10.0 Å². The number of nitrogens with zero attached hydrogens (tertiary/aromatic N) is 1. The molecule has 0 bridgehead atoms. The number of esters is 1. The van der Waals surface area contributed by atoms with E-state index in [0.29, 0.717) is 29.0 Å². The second kappa shape index (κ2) is 6.87. The number of carbonyl (C=O) groups excluding carboxylic acids is 2. The molecule has 5 nitrogen and oxygen atoms in total. The van der Waals surface area contributed by atoms with Crippen LogP contribution in [-0.2, 0) is 11.2 Å². The first-order valence-electron chi connectivity index (χ1n) is 6.90. The molecular weight excluding hydrogens is 350 g/mol. The third-order valence-corrected chi connectivity index (χ3v) is 3.78. The Labute approximate surface area is 136 Å². The highest BCUT2D eigenvalue weighted by Gasteiger charge is 2.25. The van der Waals surface area contributed by atoms with Crippen molar-refractivity contribution >= 4 is 27.7 Å². The van der Waals surface area contributed by atoms with Crippen LogP contribution in [0.1, 0.15) is 46.0 Å². The summed E-state index contributed by atoms with van der Waals surface area (Å²) in [5, 5.41) is 3.81. The molecule has 0 aliphatic heterocycles. The van der Waals surface area contributed by atoms with Crippen molar-refractivity contribution in [1.29, 1.82) is 0 Å². The first-order chi connectivity index (χ1) is 10.4. The van der Waals surface area contributed by atoms with E-state index >= 15 is 0 Å². The number of aryl methyl sites for hydroxylation is 2. The van der Waals surface area contributed by atoms with Crippen LogP contribution in [0.5, 0.6) is 0 Å². The fraction of sp³-hybridized carbons (Fsp3) is 0.312. The number of carbonyl (C=O) groups is 2. The van der Waals surface area contributed by atoms with Gasteiger partial charge in [0.2, 0.25) is 5.78 Å². The van der Waals surface area contributed by atoms with Crippen molar-refractivity contribution in [2.45, 2.75) is 33.3 Å². The van der Waals surface area contributed by atoms with E-state index in [0.717, 1.165) is 4.47 Å². The second-order valence-corrected chi connectivity index (χ2v) is 5.75. The quantitative estimate of drug-likeness (QED) is 0.596. The molecule has 22 heavy (non-hydrogen) atoms. The van der Waals surface area contributed by atoms with Gasteiger partial charge in [0.1, 0.15) is 11.3 Å². The molecule has 0 aliphatic rings. The lowest BCUT2D eigenvalue weighted by atomic mass is 10.1. The molecule has 0 aliphatic carbocycles. The van der Waals surface area contributed by atoms with E-state index in [9.17, 15) is 9.59 Å². The summed E-state index contributed by atoms with van der Waals surface area (Å²) in [6, 6.07) is 6.89. The maximum Gasteiger partial charge on any atom is 0.344 e. The number of rotatable bonds is 5. The first kappa shape index (κ1) is 16.4. The average molecular weight is 366 g/mol. The minimum Gasteiger partial charge on any atom is -0.451 e. The second-order valence-electron chi connectivity index (χ2n) is 4.83. The van der Waals surface area contributed by atoms with Crippen LogP contribution < -0.4 is 0 Å². The van der Waals surface area contributed by atoms with E-state index in [1.807, 2.05) is 6.92 Å². The van der Waals surface area contributed by atoms with E-state index < -0.39 is 12.1 Å². The number of ketones is 1. The molecule has 0 spiro atoms. The normalized spacial score (nSPS) is 12.0. The number of benzene rings is 1. The number of aromatic nitrogens is 1. The molecule has 1 aromatic heterocycles. The minimum absolute atomic E-state index is 0.256. The zero-order chi connectivity index (χ0) is 16.3. The molecule has 1 heterocycles. The summed E-state index contributed by atoms with van der Waals surface area (Å²) >= 11 is 3.31. The van der Waals surface area contributed by atoms with E-state index in [-0.39, 0.29) is 5.78 Å². The molecule has 1 atom stereocenters. The van der Waals surface area contributed by atoms with Gasteiger partial charge in [-0.2, -0.15) is 0 Å². The Morgan fingerprint density at radius 2 is 1.95 bits per heavy atom. The van der Waals surface area contributed by atoms with Crippen molar-refractivity contribution in [3.8, 4) is 0 Å². The van der Waals surface area contributed by atoms with Crippen molar-refractivity contribution in [1.82, 2.24) is 5.16 Å². The highest BCUT2D eigenvalue weighted by Crippen LogP contribution is 2.18. The molecule has 2 aromatic rings. The number of hydrogen-bond acceptors (Lipinski definition) is 5. The predicted molar refractivity (Wildman–Crippen MR) is 84.0 cm³/mol. The van der Waals surface area contributed by atoms with Crippen LogP contribution in [0.2, 0.25) is 0 Å². The van der Waals surface area contributed by atoms with Crippen molar-refractivity contribution in [3.63, 3.8) is 0 Å². The van der Waals surface area contributed by atoms with Gasteiger partial charge in [0.05, 0.1) is 5.69 Å². The zero-order valence-electron chi connectivity index (χ0n) is 12.6. The molecule has 116 valence electrons. The third-order valence-electron chi connectivity index (χ3n) is 3.25. The third kappa shape index (κ3) is 3.44. The van der Waals surface area contributed by atoms with Gasteiger partial charge in [-0.25, -0.2) is 4.79 Å².